The summed E-state index contributed by atoms with van der Waals surface area (Å²) in [6, 6.07) is 9.03. The number of hydrogen-bond acceptors (Lipinski definition) is 5. The van der Waals surface area contributed by atoms with Gasteiger partial charge in [-0.2, -0.15) is 0 Å². The minimum atomic E-state index is -0.212. The molecule has 1 aliphatic heterocycles. The number of carbonyl (C=O) groups excluding carboxylic acids is 2. The highest BCUT2D eigenvalue weighted by atomic mass is 127. The van der Waals surface area contributed by atoms with Crippen molar-refractivity contribution in [3.8, 4) is 11.5 Å². The average Bonchev–Trinajstić information content (AvgIpc) is 3.08. The predicted molar refractivity (Wildman–Crippen MR) is 150 cm³/mol. The van der Waals surface area contributed by atoms with Crippen LogP contribution in [0.1, 0.15) is 50.2 Å². The van der Waals surface area contributed by atoms with Crippen LogP contribution in [0.4, 0.5) is 4.79 Å². The number of carbonyl (C=O) groups is 2. The van der Waals surface area contributed by atoms with Gasteiger partial charge in [-0.3, -0.25) is 14.5 Å². The van der Waals surface area contributed by atoms with Crippen LogP contribution in [0.25, 0.3) is 6.08 Å². The van der Waals surface area contributed by atoms with Gasteiger partial charge in [0.15, 0.2) is 11.5 Å². The Balaban J connectivity index is 1.52. The second kappa shape index (κ2) is 12.2. The summed E-state index contributed by atoms with van der Waals surface area (Å²) in [7, 11) is 0. The van der Waals surface area contributed by atoms with Crippen molar-refractivity contribution in [2.45, 2.75) is 45.6 Å². The maximum absolute atomic E-state index is 13.0. The number of rotatable bonds is 8. The summed E-state index contributed by atoms with van der Waals surface area (Å²) in [4.78, 5) is 27.4. The standard InChI is InChI=1S/C26H26Cl2INO4S/c1-2-33-22-11-17(10-21(29)24(22)34-15-18-8-9-19(27)13-20(18)28)12-23-25(31)30(26(32)35-23)14-16-6-4-3-5-7-16/h8-13,16H,2-7,14-15H2,1H3/b23-12+. The predicted octanol–water partition coefficient (Wildman–Crippen LogP) is 8.19. The molecule has 35 heavy (non-hydrogen) atoms. The molecule has 0 atom stereocenters. The summed E-state index contributed by atoms with van der Waals surface area (Å²) in [6.07, 6.45) is 7.52. The van der Waals surface area contributed by atoms with Gasteiger partial charge in [0.2, 0.25) is 0 Å². The number of thioether (sulfide) groups is 1. The van der Waals surface area contributed by atoms with Gasteiger partial charge in [-0.05, 0) is 95.9 Å². The van der Waals surface area contributed by atoms with E-state index in [0.717, 1.165) is 39.3 Å². The fourth-order valence-electron chi connectivity index (χ4n) is 4.30. The number of imide groups is 1. The summed E-state index contributed by atoms with van der Waals surface area (Å²) in [6.45, 7) is 3.13. The molecule has 0 N–H and O–H groups in total. The van der Waals surface area contributed by atoms with Crippen molar-refractivity contribution in [1.29, 1.82) is 0 Å². The molecule has 2 aromatic rings. The summed E-state index contributed by atoms with van der Waals surface area (Å²) in [5, 5.41) is 0.910. The van der Waals surface area contributed by atoms with Gasteiger partial charge in [0.05, 0.1) is 15.1 Å². The van der Waals surface area contributed by atoms with Gasteiger partial charge in [-0.1, -0.05) is 48.5 Å². The van der Waals surface area contributed by atoms with Crippen LogP contribution in [-0.2, 0) is 11.4 Å². The quantitative estimate of drug-likeness (QED) is 0.214. The Labute approximate surface area is 233 Å². The number of nitrogens with zero attached hydrogens (tertiary/aromatic N) is 1. The van der Waals surface area contributed by atoms with Crippen LogP contribution in [0.3, 0.4) is 0 Å². The van der Waals surface area contributed by atoms with Crippen LogP contribution in [0.5, 0.6) is 11.5 Å². The van der Waals surface area contributed by atoms with E-state index in [4.69, 9.17) is 32.7 Å². The van der Waals surface area contributed by atoms with E-state index in [9.17, 15) is 9.59 Å². The molecule has 0 bridgehead atoms. The first-order valence-electron chi connectivity index (χ1n) is 11.6. The van der Waals surface area contributed by atoms with Gasteiger partial charge in [-0.15, -0.1) is 0 Å². The summed E-state index contributed by atoms with van der Waals surface area (Å²) in [5.41, 5.74) is 1.59. The number of ether oxygens (including phenoxy) is 2. The van der Waals surface area contributed by atoms with Gasteiger partial charge >= 0.3 is 0 Å². The van der Waals surface area contributed by atoms with E-state index in [2.05, 4.69) is 22.6 Å². The van der Waals surface area contributed by atoms with Crippen molar-refractivity contribution in [2.24, 2.45) is 5.92 Å². The first kappa shape index (κ1) is 26.6. The van der Waals surface area contributed by atoms with Crippen LogP contribution >= 0.6 is 57.6 Å². The molecule has 0 radical (unpaired) electrons. The maximum Gasteiger partial charge on any atom is 0.293 e. The summed E-state index contributed by atoms with van der Waals surface area (Å²) in [5.74, 6) is 1.36. The first-order chi connectivity index (χ1) is 16.9. The lowest BCUT2D eigenvalue weighted by atomic mass is 9.89. The third kappa shape index (κ3) is 6.67. The summed E-state index contributed by atoms with van der Waals surface area (Å²) < 4.78 is 12.8. The third-order valence-electron chi connectivity index (χ3n) is 6.06. The van der Waals surface area contributed by atoms with E-state index in [1.165, 1.54) is 24.2 Å². The van der Waals surface area contributed by atoms with E-state index in [1.807, 2.05) is 25.1 Å². The van der Waals surface area contributed by atoms with Crippen LogP contribution in [-0.4, -0.2) is 29.2 Å². The highest BCUT2D eigenvalue weighted by molar-refractivity contribution is 14.1. The number of halogens is 3. The van der Waals surface area contributed by atoms with Crippen molar-refractivity contribution in [1.82, 2.24) is 4.90 Å². The first-order valence-corrected chi connectivity index (χ1v) is 14.3. The fourth-order valence-corrected chi connectivity index (χ4v) is 6.39. The normalized spacial score (nSPS) is 17.9. The maximum atomic E-state index is 13.0. The molecule has 0 aromatic heterocycles. The molecule has 2 fully saturated rings. The molecule has 1 saturated heterocycles. The Bertz CT molecular complexity index is 1150. The highest BCUT2D eigenvalue weighted by Crippen LogP contribution is 2.39. The van der Waals surface area contributed by atoms with Gasteiger partial charge < -0.3 is 9.47 Å². The van der Waals surface area contributed by atoms with Crippen molar-refractivity contribution in [2.75, 3.05) is 13.2 Å². The Morgan fingerprint density at radius 2 is 1.89 bits per heavy atom. The lowest BCUT2D eigenvalue weighted by Gasteiger charge is -2.25. The van der Waals surface area contributed by atoms with Gasteiger partial charge in [0, 0.05) is 22.2 Å². The SMILES string of the molecule is CCOc1cc(/C=C2/SC(=O)N(CC3CCCCC3)C2=O)cc(I)c1OCc1ccc(Cl)cc1Cl. The van der Waals surface area contributed by atoms with Gasteiger partial charge in [-0.25, -0.2) is 0 Å². The second-order valence-electron chi connectivity index (χ2n) is 8.58. The Morgan fingerprint density at radius 1 is 1.11 bits per heavy atom. The van der Waals surface area contributed by atoms with Gasteiger partial charge in [0.25, 0.3) is 11.1 Å². The van der Waals surface area contributed by atoms with E-state index in [0.29, 0.717) is 45.5 Å². The Hall–Kier alpha value is -1.42. The molecule has 1 aliphatic carbocycles. The minimum absolute atomic E-state index is 0.189. The molecule has 2 aliphatic rings. The molecule has 186 valence electrons. The molecule has 1 heterocycles. The van der Waals surface area contributed by atoms with Crippen molar-refractivity contribution in [3.63, 3.8) is 0 Å². The minimum Gasteiger partial charge on any atom is -0.490 e. The third-order valence-corrected chi connectivity index (χ3v) is 8.35. The van der Waals surface area contributed by atoms with Crippen molar-refractivity contribution in [3.05, 3.63) is 60.0 Å². The number of benzene rings is 2. The fraction of sp³-hybridized carbons (Fsp3) is 0.385. The largest absolute Gasteiger partial charge is 0.490 e. The lowest BCUT2D eigenvalue weighted by molar-refractivity contribution is -0.123. The van der Waals surface area contributed by atoms with Crippen LogP contribution < -0.4 is 9.47 Å². The second-order valence-corrected chi connectivity index (χ2v) is 11.6. The topological polar surface area (TPSA) is 55.8 Å². The zero-order valence-corrected chi connectivity index (χ0v) is 23.8. The van der Waals surface area contributed by atoms with Crippen LogP contribution in [0, 0.1) is 9.49 Å². The molecule has 2 amide bonds. The van der Waals surface area contributed by atoms with E-state index < -0.39 is 0 Å². The van der Waals surface area contributed by atoms with Crippen LogP contribution in [0.2, 0.25) is 10.0 Å². The molecule has 4 rings (SSSR count). The molecule has 9 heteroatoms. The van der Waals surface area contributed by atoms with E-state index in [1.54, 1.807) is 18.2 Å². The molecular formula is C26H26Cl2INO4S. The lowest BCUT2D eigenvalue weighted by Crippen LogP contribution is -2.34. The van der Waals surface area contributed by atoms with Crippen molar-refractivity contribution >= 4 is 74.8 Å². The highest BCUT2D eigenvalue weighted by Gasteiger charge is 2.36. The zero-order chi connectivity index (χ0) is 24.9. The molecule has 0 unspecified atom stereocenters. The molecule has 5 nitrogen and oxygen atoms in total. The zero-order valence-electron chi connectivity index (χ0n) is 19.3. The number of hydrogen-bond donors (Lipinski definition) is 0. The Morgan fingerprint density at radius 3 is 2.60 bits per heavy atom. The monoisotopic (exact) mass is 645 g/mol. The summed E-state index contributed by atoms with van der Waals surface area (Å²) >= 11 is 15.5. The molecule has 0 spiro atoms. The van der Waals surface area contributed by atoms with E-state index >= 15 is 0 Å². The molecular weight excluding hydrogens is 620 g/mol. The Kier molecular flexibility index (Phi) is 9.29. The van der Waals surface area contributed by atoms with E-state index in [-0.39, 0.29) is 17.8 Å². The smallest absolute Gasteiger partial charge is 0.293 e. The molecule has 2 aromatic carbocycles. The number of amides is 2. The van der Waals surface area contributed by atoms with Gasteiger partial charge in [0.1, 0.15) is 6.61 Å². The molecule has 1 saturated carbocycles. The van der Waals surface area contributed by atoms with Crippen molar-refractivity contribution < 1.29 is 19.1 Å². The average molecular weight is 646 g/mol. The van der Waals surface area contributed by atoms with Crippen LogP contribution in [0.15, 0.2) is 35.2 Å².